The Morgan fingerprint density at radius 3 is 2.69 bits per heavy atom. The maximum Gasteiger partial charge on any atom is 0.224 e. The molecular weight excluding hydrogens is 333 g/mol. The Morgan fingerprint density at radius 1 is 1.15 bits per heavy atom. The molecule has 3 N–H and O–H groups in total. The van der Waals surface area contributed by atoms with Crippen molar-refractivity contribution in [3.8, 4) is 11.8 Å². The zero-order valence-electron chi connectivity index (χ0n) is 13.8. The van der Waals surface area contributed by atoms with Crippen LogP contribution in [0.3, 0.4) is 0 Å². The highest BCUT2D eigenvalue weighted by Crippen LogP contribution is 2.21. The lowest BCUT2D eigenvalue weighted by molar-refractivity contribution is 0.475. The molecule has 0 bridgehead atoms. The van der Waals surface area contributed by atoms with E-state index < -0.39 is 0 Å². The lowest BCUT2D eigenvalue weighted by atomic mass is 10.1. The number of hydrogen-bond donors (Lipinski definition) is 3. The molecule has 0 aliphatic carbocycles. The first kappa shape index (κ1) is 17.2. The molecule has 2 aromatic carbocycles. The van der Waals surface area contributed by atoms with E-state index in [0.717, 1.165) is 5.56 Å². The van der Waals surface area contributed by atoms with Crippen molar-refractivity contribution >= 4 is 17.5 Å². The van der Waals surface area contributed by atoms with Crippen molar-refractivity contribution in [3.05, 3.63) is 71.7 Å². The third-order valence-corrected chi connectivity index (χ3v) is 3.63. The molecule has 0 aliphatic heterocycles. The molecule has 0 radical (unpaired) electrons. The number of anilines is 3. The van der Waals surface area contributed by atoms with Gasteiger partial charge in [0.1, 0.15) is 23.2 Å². The fourth-order valence-electron chi connectivity index (χ4n) is 2.34. The second-order valence-corrected chi connectivity index (χ2v) is 5.55. The van der Waals surface area contributed by atoms with E-state index in [0.29, 0.717) is 36.0 Å². The van der Waals surface area contributed by atoms with Crippen LogP contribution in [-0.4, -0.2) is 21.6 Å². The maximum absolute atomic E-state index is 13.2. The average molecular weight is 349 g/mol. The first-order chi connectivity index (χ1) is 12.6. The Bertz CT molecular complexity index is 937. The van der Waals surface area contributed by atoms with Crippen molar-refractivity contribution < 1.29 is 9.50 Å². The Kier molecular flexibility index (Phi) is 5.25. The predicted molar refractivity (Wildman–Crippen MR) is 96.7 cm³/mol. The number of rotatable bonds is 6. The topological polar surface area (TPSA) is 93.9 Å². The minimum absolute atomic E-state index is 0.151. The largest absolute Gasteiger partial charge is 0.508 e. The first-order valence-electron chi connectivity index (χ1n) is 7.95. The second kappa shape index (κ2) is 7.94. The number of nitriles is 1. The van der Waals surface area contributed by atoms with Crippen molar-refractivity contribution in [2.24, 2.45) is 0 Å². The van der Waals surface area contributed by atoms with Gasteiger partial charge in [-0.2, -0.15) is 10.2 Å². The van der Waals surface area contributed by atoms with Crippen molar-refractivity contribution in [3.63, 3.8) is 0 Å². The van der Waals surface area contributed by atoms with Crippen LogP contribution in [0.5, 0.6) is 5.75 Å². The number of hydrogen-bond acceptors (Lipinski definition) is 6. The van der Waals surface area contributed by atoms with E-state index in [4.69, 9.17) is 0 Å². The van der Waals surface area contributed by atoms with Crippen LogP contribution >= 0.6 is 0 Å². The van der Waals surface area contributed by atoms with Gasteiger partial charge in [0, 0.05) is 12.2 Å². The summed E-state index contributed by atoms with van der Waals surface area (Å²) in [4.78, 5) is 8.43. The average Bonchev–Trinajstić information content (AvgIpc) is 2.64. The molecule has 0 saturated heterocycles. The van der Waals surface area contributed by atoms with E-state index in [1.54, 1.807) is 18.2 Å². The van der Waals surface area contributed by atoms with E-state index in [9.17, 15) is 14.8 Å². The van der Waals surface area contributed by atoms with Crippen LogP contribution < -0.4 is 10.6 Å². The molecule has 0 atom stereocenters. The SMILES string of the molecule is N#Cc1cnc(NCCc2cccc(F)c2)nc1Nc1ccc(O)cc1. The third-order valence-electron chi connectivity index (χ3n) is 3.63. The minimum atomic E-state index is -0.266. The Hall–Kier alpha value is -3.66. The summed E-state index contributed by atoms with van der Waals surface area (Å²) in [6, 6.07) is 14.9. The van der Waals surface area contributed by atoms with E-state index in [1.165, 1.54) is 30.5 Å². The monoisotopic (exact) mass is 349 g/mol. The number of aromatic nitrogens is 2. The molecule has 3 aromatic rings. The molecule has 0 aliphatic rings. The quantitative estimate of drug-likeness (QED) is 0.589. The predicted octanol–water partition coefficient (Wildman–Crippen LogP) is 3.59. The second-order valence-electron chi connectivity index (χ2n) is 5.55. The molecule has 0 amide bonds. The van der Waals surface area contributed by atoms with Gasteiger partial charge in [-0.3, -0.25) is 0 Å². The summed E-state index contributed by atoms with van der Waals surface area (Å²) in [7, 11) is 0. The molecule has 1 heterocycles. The molecule has 26 heavy (non-hydrogen) atoms. The summed E-state index contributed by atoms with van der Waals surface area (Å²) in [5.74, 6) is 0.610. The van der Waals surface area contributed by atoms with Gasteiger partial charge in [0.25, 0.3) is 0 Å². The van der Waals surface area contributed by atoms with E-state index in [1.807, 2.05) is 12.1 Å². The highest BCUT2D eigenvalue weighted by molar-refractivity contribution is 5.63. The molecule has 7 heteroatoms. The summed E-state index contributed by atoms with van der Waals surface area (Å²) < 4.78 is 13.2. The van der Waals surface area contributed by atoms with Crippen LogP contribution in [0.2, 0.25) is 0 Å². The molecule has 0 saturated carbocycles. The van der Waals surface area contributed by atoms with Crippen LogP contribution in [0.1, 0.15) is 11.1 Å². The normalized spacial score (nSPS) is 10.2. The van der Waals surface area contributed by atoms with Gasteiger partial charge in [-0.05, 0) is 48.4 Å². The molecular formula is C19H16FN5O. The summed E-state index contributed by atoms with van der Waals surface area (Å²) in [6.45, 7) is 0.522. The molecule has 130 valence electrons. The van der Waals surface area contributed by atoms with Crippen LogP contribution in [0.4, 0.5) is 21.8 Å². The van der Waals surface area contributed by atoms with Crippen LogP contribution in [0, 0.1) is 17.1 Å². The fourth-order valence-corrected chi connectivity index (χ4v) is 2.34. The number of aromatic hydroxyl groups is 1. The fraction of sp³-hybridized carbons (Fsp3) is 0.105. The van der Waals surface area contributed by atoms with Gasteiger partial charge in [0.05, 0.1) is 6.20 Å². The van der Waals surface area contributed by atoms with E-state index in [-0.39, 0.29) is 11.6 Å². The lowest BCUT2D eigenvalue weighted by Gasteiger charge is -2.10. The van der Waals surface area contributed by atoms with Gasteiger partial charge in [0.2, 0.25) is 5.95 Å². The molecule has 0 spiro atoms. The number of nitrogens with one attached hydrogen (secondary N) is 2. The summed E-state index contributed by atoms with van der Waals surface area (Å²) >= 11 is 0. The smallest absolute Gasteiger partial charge is 0.224 e. The van der Waals surface area contributed by atoms with Gasteiger partial charge >= 0.3 is 0 Å². The van der Waals surface area contributed by atoms with E-state index >= 15 is 0 Å². The Labute approximate surface area is 150 Å². The summed E-state index contributed by atoms with van der Waals surface area (Å²) in [5.41, 5.74) is 1.85. The number of phenols is 1. The standard InChI is InChI=1S/C19H16FN5O/c20-15-3-1-2-13(10-15)8-9-22-19-23-12-14(11-21)18(25-19)24-16-4-6-17(26)7-5-16/h1-7,10,12,26H,8-9H2,(H2,22,23,24,25). The molecule has 3 rings (SSSR count). The van der Waals surface area contributed by atoms with Crippen molar-refractivity contribution in [2.75, 3.05) is 17.2 Å². The number of phenolic OH excluding ortho intramolecular Hbond substituents is 1. The molecule has 0 fully saturated rings. The van der Waals surface area contributed by atoms with Crippen molar-refractivity contribution in [1.82, 2.24) is 9.97 Å². The maximum atomic E-state index is 13.2. The first-order valence-corrected chi connectivity index (χ1v) is 7.95. The van der Waals surface area contributed by atoms with E-state index in [2.05, 4.69) is 20.6 Å². The number of halogens is 1. The van der Waals surface area contributed by atoms with Crippen LogP contribution in [-0.2, 0) is 6.42 Å². The summed E-state index contributed by atoms with van der Waals surface area (Å²) in [6.07, 6.45) is 2.04. The Morgan fingerprint density at radius 2 is 1.96 bits per heavy atom. The molecule has 0 unspecified atom stereocenters. The van der Waals surface area contributed by atoms with Crippen LogP contribution in [0.15, 0.2) is 54.7 Å². The highest BCUT2D eigenvalue weighted by atomic mass is 19.1. The third kappa shape index (κ3) is 4.45. The molecule has 1 aromatic heterocycles. The zero-order valence-corrected chi connectivity index (χ0v) is 13.8. The lowest BCUT2D eigenvalue weighted by Crippen LogP contribution is -2.09. The highest BCUT2D eigenvalue weighted by Gasteiger charge is 2.08. The zero-order chi connectivity index (χ0) is 18.4. The minimum Gasteiger partial charge on any atom is -0.508 e. The van der Waals surface area contributed by atoms with Gasteiger partial charge in [-0.25, -0.2) is 9.37 Å². The van der Waals surface area contributed by atoms with Gasteiger partial charge < -0.3 is 15.7 Å². The molecule has 6 nitrogen and oxygen atoms in total. The van der Waals surface area contributed by atoms with Crippen molar-refractivity contribution in [2.45, 2.75) is 6.42 Å². The van der Waals surface area contributed by atoms with Gasteiger partial charge in [-0.15, -0.1) is 0 Å². The Balaban J connectivity index is 1.68. The van der Waals surface area contributed by atoms with Gasteiger partial charge in [0.15, 0.2) is 5.82 Å². The van der Waals surface area contributed by atoms with Crippen molar-refractivity contribution in [1.29, 1.82) is 5.26 Å². The number of benzene rings is 2. The van der Waals surface area contributed by atoms with Gasteiger partial charge in [-0.1, -0.05) is 12.1 Å². The summed E-state index contributed by atoms with van der Waals surface area (Å²) in [5, 5.41) is 24.7. The number of nitrogens with zero attached hydrogens (tertiary/aromatic N) is 3. The van der Waals surface area contributed by atoms with Crippen LogP contribution in [0.25, 0.3) is 0 Å².